The van der Waals surface area contributed by atoms with Crippen LogP contribution in [0.2, 0.25) is 0 Å². The summed E-state index contributed by atoms with van der Waals surface area (Å²) in [5.41, 5.74) is 12.6. The van der Waals surface area contributed by atoms with E-state index in [1.54, 1.807) is 0 Å². The third-order valence-electron chi connectivity index (χ3n) is 8.99. The van der Waals surface area contributed by atoms with E-state index in [1.807, 2.05) is 0 Å². The van der Waals surface area contributed by atoms with Crippen molar-refractivity contribution in [2.24, 2.45) is 11.8 Å². The van der Waals surface area contributed by atoms with Crippen molar-refractivity contribution in [2.75, 3.05) is 0 Å². The molecule has 0 aromatic heterocycles. The summed E-state index contributed by atoms with van der Waals surface area (Å²) in [5.74, 6) is 1.46. The summed E-state index contributed by atoms with van der Waals surface area (Å²) in [6, 6.07) is 43.8. The fraction of sp³-hybridized carbons (Fsp3) is 0.244. The van der Waals surface area contributed by atoms with Crippen molar-refractivity contribution >= 4 is 55.2 Å². The van der Waals surface area contributed by atoms with Crippen LogP contribution in [-0.2, 0) is 6.42 Å². The van der Waals surface area contributed by atoms with Gasteiger partial charge in [-0.3, -0.25) is 0 Å². The van der Waals surface area contributed by atoms with E-state index in [1.165, 1.54) is 81.3 Å². The van der Waals surface area contributed by atoms with Gasteiger partial charge in [-0.2, -0.15) is 0 Å². The maximum Gasteiger partial charge on any atom is 0.0175 e. The maximum absolute atomic E-state index is 3.64. The molecule has 5 aromatic carbocycles. The molecule has 47 heavy (non-hydrogen) atoms. The molecule has 240 valence electrons. The molecule has 0 aliphatic rings. The number of aryl methyl sites for hydroxylation is 2. The van der Waals surface area contributed by atoms with Gasteiger partial charge in [-0.15, -0.1) is 0 Å². The minimum atomic E-state index is 0.689. The van der Waals surface area contributed by atoms with E-state index in [4.69, 9.17) is 0 Å². The second-order valence-electron chi connectivity index (χ2n) is 13.2. The third-order valence-corrected chi connectivity index (χ3v) is 10.0. The molecule has 0 aliphatic heterocycles. The van der Waals surface area contributed by atoms with E-state index in [-0.39, 0.29) is 0 Å². The molecule has 1 unspecified atom stereocenters. The van der Waals surface area contributed by atoms with Gasteiger partial charge in [0, 0.05) is 8.95 Å². The Morgan fingerprint density at radius 2 is 1.02 bits per heavy atom. The predicted octanol–water partition coefficient (Wildman–Crippen LogP) is 14.1. The van der Waals surface area contributed by atoms with Crippen LogP contribution in [0.1, 0.15) is 91.0 Å². The first kappa shape index (κ1) is 34.9. The fourth-order valence-electron chi connectivity index (χ4n) is 6.19. The highest BCUT2D eigenvalue weighted by Gasteiger charge is 2.14. The van der Waals surface area contributed by atoms with E-state index in [0.29, 0.717) is 5.92 Å². The predicted molar refractivity (Wildman–Crippen MR) is 212 cm³/mol. The van der Waals surface area contributed by atoms with Crippen molar-refractivity contribution in [3.8, 4) is 0 Å². The minimum Gasteiger partial charge on any atom is -0.0628 e. The van der Waals surface area contributed by atoms with Crippen molar-refractivity contribution < 1.29 is 0 Å². The van der Waals surface area contributed by atoms with Gasteiger partial charge < -0.3 is 0 Å². The SMILES string of the molecule is Cc1cc(/C=C(\c2ccccc2)c2ccc(Br)cc2)c(CCC(C)CCCC(C)C)cc1/C=C(\c1ccccc1)c1ccc(Br)cc1. The molecule has 0 fully saturated rings. The lowest BCUT2D eigenvalue weighted by atomic mass is 9.87. The van der Waals surface area contributed by atoms with Gasteiger partial charge in [0.15, 0.2) is 0 Å². The molecule has 1 atom stereocenters. The zero-order chi connectivity index (χ0) is 33.2. The number of hydrogen-bond donors (Lipinski definition) is 0. The van der Waals surface area contributed by atoms with Crippen LogP contribution in [0.25, 0.3) is 23.3 Å². The molecule has 0 radical (unpaired) electrons. The monoisotopic (exact) mass is 744 g/mol. The van der Waals surface area contributed by atoms with Gasteiger partial charge in [0.25, 0.3) is 0 Å². The Bertz CT molecular complexity index is 1780. The highest BCUT2D eigenvalue weighted by molar-refractivity contribution is 9.10. The molecule has 0 heterocycles. The van der Waals surface area contributed by atoms with Gasteiger partial charge in [-0.05, 0) is 124 Å². The molecular weight excluding hydrogens is 700 g/mol. The van der Waals surface area contributed by atoms with Crippen LogP contribution in [0, 0.1) is 18.8 Å². The van der Waals surface area contributed by atoms with E-state index < -0.39 is 0 Å². The van der Waals surface area contributed by atoms with Crippen LogP contribution < -0.4 is 0 Å². The van der Waals surface area contributed by atoms with Crippen LogP contribution in [-0.4, -0.2) is 0 Å². The maximum atomic E-state index is 3.64. The largest absolute Gasteiger partial charge is 0.0628 e. The molecule has 5 aromatic rings. The van der Waals surface area contributed by atoms with Crippen LogP contribution in [0.15, 0.2) is 130 Å². The van der Waals surface area contributed by atoms with Crippen molar-refractivity contribution in [2.45, 2.75) is 59.8 Å². The van der Waals surface area contributed by atoms with Crippen LogP contribution >= 0.6 is 31.9 Å². The Kier molecular flexibility index (Phi) is 12.7. The molecule has 0 bridgehead atoms. The number of halogens is 2. The van der Waals surface area contributed by atoms with E-state index in [2.05, 4.69) is 193 Å². The molecule has 0 aliphatic carbocycles. The van der Waals surface area contributed by atoms with Crippen molar-refractivity contribution in [1.82, 2.24) is 0 Å². The zero-order valence-electron chi connectivity index (χ0n) is 28.1. The smallest absolute Gasteiger partial charge is 0.0175 e. The summed E-state index contributed by atoms with van der Waals surface area (Å²) in [5, 5.41) is 0. The summed E-state index contributed by atoms with van der Waals surface area (Å²) in [6.45, 7) is 9.35. The summed E-state index contributed by atoms with van der Waals surface area (Å²) in [7, 11) is 0. The molecule has 0 N–H and O–H groups in total. The number of benzene rings is 5. The molecule has 5 rings (SSSR count). The first-order valence-corrected chi connectivity index (χ1v) is 18.5. The van der Waals surface area contributed by atoms with E-state index in [9.17, 15) is 0 Å². The van der Waals surface area contributed by atoms with Gasteiger partial charge in [0.1, 0.15) is 0 Å². The lowest BCUT2D eigenvalue weighted by Gasteiger charge is -2.17. The zero-order valence-corrected chi connectivity index (χ0v) is 31.3. The van der Waals surface area contributed by atoms with Crippen molar-refractivity contribution in [3.63, 3.8) is 0 Å². The molecule has 2 heteroatoms. The Morgan fingerprint density at radius 3 is 1.51 bits per heavy atom. The summed E-state index contributed by atoms with van der Waals surface area (Å²) < 4.78 is 2.18. The summed E-state index contributed by atoms with van der Waals surface area (Å²) in [6.07, 6.45) is 11.0. The molecule has 0 spiro atoms. The standard InChI is InChI=1S/C45H46Br2/c1-32(2)12-11-13-33(3)18-19-39-29-40(30-44(35-14-7-5-8-15-35)37-20-24-42(46)25-21-37)34(4)28-41(39)31-45(36-16-9-6-10-17-36)38-22-26-43(47)27-23-38/h5-10,14-17,20-33H,11-13,18-19H2,1-4H3/b44-30+,45-31+. The quantitative estimate of drug-likeness (QED) is 0.105. The van der Waals surface area contributed by atoms with Gasteiger partial charge in [0.2, 0.25) is 0 Å². The molecular formula is C45H46Br2. The van der Waals surface area contributed by atoms with Crippen molar-refractivity contribution in [3.05, 3.63) is 175 Å². The number of hydrogen-bond acceptors (Lipinski definition) is 0. The van der Waals surface area contributed by atoms with Gasteiger partial charge in [-0.25, -0.2) is 0 Å². The first-order chi connectivity index (χ1) is 22.8. The topological polar surface area (TPSA) is 0 Å². The van der Waals surface area contributed by atoms with Gasteiger partial charge >= 0.3 is 0 Å². The lowest BCUT2D eigenvalue weighted by molar-refractivity contribution is 0.437. The molecule has 0 saturated heterocycles. The third kappa shape index (κ3) is 10.0. The van der Waals surface area contributed by atoms with Crippen LogP contribution in [0.4, 0.5) is 0 Å². The minimum absolute atomic E-state index is 0.689. The Hall–Kier alpha value is -3.46. The van der Waals surface area contributed by atoms with Crippen LogP contribution in [0.5, 0.6) is 0 Å². The fourth-order valence-corrected chi connectivity index (χ4v) is 6.72. The van der Waals surface area contributed by atoms with E-state index >= 15 is 0 Å². The Morgan fingerprint density at radius 1 is 0.553 bits per heavy atom. The van der Waals surface area contributed by atoms with Crippen LogP contribution in [0.3, 0.4) is 0 Å². The second kappa shape index (κ2) is 17.1. The van der Waals surface area contributed by atoms with Crippen molar-refractivity contribution in [1.29, 1.82) is 0 Å². The normalized spacial score (nSPS) is 12.8. The molecule has 0 saturated carbocycles. The summed E-state index contributed by atoms with van der Waals surface area (Å²) in [4.78, 5) is 0. The average molecular weight is 747 g/mol. The summed E-state index contributed by atoms with van der Waals surface area (Å²) >= 11 is 7.26. The molecule has 0 amide bonds. The highest BCUT2D eigenvalue weighted by atomic mass is 79.9. The van der Waals surface area contributed by atoms with Gasteiger partial charge in [-0.1, -0.05) is 169 Å². The van der Waals surface area contributed by atoms with Gasteiger partial charge in [0.05, 0.1) is 0 Å². The Balaban J connectivity index is 1.62. The highest BCUT2D eigenvalue weighted by Crippen LogP contribution is 2.33. The average Bonchev–Trinajstić information content (AvgIpc) is 3.08. The first-order valence-electron chi connectivity index (χ1n) is 17.0. The lowest BCUT2D eigenvalue weighted by Crippen LogP contribution is -2.02. The number of rotatable bonds is 13. The second-order valence-corrected chi connectivity index (χ2v) is 15.1. The van der Waals surface area contributed by atoms with E-state index in [0.717, 1.165) is 21.3 Å². The molecule has 0 nitrogen and oxygen atoms in total. The Labute approximate surface area is 299 Å².